The van der Waals surface area contributed by atoms with Crippen LogP contribution in [-0.4, -0.2) is 42.6 Å². The van der Waals surface area contributed by atoms with Crippen LogP contribution in [0.25, 0.3) is 11.1 Å². The van der Waals surface area contributed by atoms with Gasteiger partial charge in [-0.1, -0.05) is 48.5 Å². The van der Waals surface area contributed by atoms with Crippen molar-refractivity contribution in [3.05, 3.63) is 54.6 Å². The summed E-state index contributed by atoms with van der Waals surface area (Å²) >= 11 is 0. The van der Waals surface area contributed by atoms with Gasteiger partial charge in [-0.05, 0) is 25.5 Å². The second kappa shape index (κ2) is 8.28. The first-order chi connectivity index (χ1) is 12.1. The Balaban J connectivity index is 1.60. The molecule has 132 valence electrons. The zero-order chi connectivity index (χ0) is 17.6. The van der Waals surface area contributed by atoms with Crippen molar-refractivity contribution in [1.29, 1.82) is 0 Å². The van der Waals surface area contributed by atoms with Gasteiger partial charge in [-0.2, -0.15) is 0 Å². The minimum atomic E-state index is 0.0511. The molecule has 1 N–H and O–H groups in total. The number of morpholine rings is 1. The van der Waals surface area contributed by atoms with Crippen molar-refractivity contribution in [3.8, 4) is 11.1 Å². The van der Waals surface area contributed by atoms with E-state index in [1.807, 2.05) is 42.5 Å². The van der Waals surface area contributed by atoms with Gasteiger partial charge in [-0.3, -0.25) is 9.69 Å². The minimum Gasteiger partial charge on any atom is -0.373 e. The van der Waals surface area contributed by atoms with Gasteiger partial charge in [-0.15, -0.1) is 0 Å². The van der Waals surface area contributed by atoms with E-state index in [-0.39, 0.29) is 18.1 Å². The number of hydrogen-bond donors (Lipinski definition) is 1. The van der Waals surface area contributed by atoms with Gasteiger partial charge in [0.1, 0.15) is 0 Å². The highest BCUT2D eigenvalue weighted by Crippen LogP contribution is 2.27. The summed E-state index contributed by atoms with van der Waals surface area (Å²) in [5.74, 6) is 0.0511. The van der Waals surface area contributed by atoms with Gasteiger partial charge < -0.3 is 10.1 Å². The smallest absolute Gasteiger partial charge is 0.225 e. The topological polar surface area (TPSA) is 41.6 Å². The molecule has 25 heavy (non-hydrogen) atoms. The Bertz CT molecular complexity index is 692. The van der Waals surface area contributed by atoms with E-state index in [9.17, 15) is 4.79 Å². The Morgan fingerprint density at radius 2 is 1.68 bits per heavy atom. The van der Waals surface area contributed by atoms with Gasteiger partial charge in [0, 0.05) is 37.3 Å². The molecule has 1 fully saturated rings. The Morgan fingerprint density at radius 1 is 1.04 bits per heavy atom. The number of rotatable bonds is 5. The first kappa shape index (κ1) is 17.6. The number of anilines is 1. The summed E-state index contributed by atoms with van der Waals surface area (Å²) in [5.41, 5.74) is 3.02. The molecular formula is C21H26N2O2. The Hall–Kier alpha value is -2.17. The summed E-state index contributed by atoms with van der Waals surface area (Å²) in [4.78, 5) is 14.7. The number of hydrogen-bond acceptors (Lipinski definition) is 3. The van der Waals surface area contributed by atoms with Gasteiger partial charge in [0.05, 0.1) is 12.2 Å². The molecule has 0 unspecified atom stereocenters. The van der Waals surface area contributed by atoms with Crippen LogP contribution >= 0.6 is 0 Å². The van der Waals surface area contributed by atoms with Crippen molar-refractivity contribution in [2.24, 2.45) is 0 Å². The third-order valence-corrected chi connectivity index (χ3v) is 4.44. The molecule has 4 nitrogen and oxygen atoms in total. The maximum Gasteiger partial charge on any atom is 0.225 e. The molecule has 0 aliphatic carbocycles. The zero-order valence-corrected chi connectivity index (χ0v) is 14.9. The summed E-state index contributed by atoms with van der Waals surface area (Å²) in [6.07, 6.45) is 0.944. The number of para-hydroxylation sites is 1. The van der Waals surface area contributed by atoms with Crippen LogP contribution in [-0.2, 0) is 9.53 Å². The SMILES string of the molecule is C[C@H]1CN(CCC(=O)Nc2ccccc2-c2ccccc2)C[C@H](C)O1. The van der Waals surface area contributed by atoms with Crippen molar-refractivity contribution in [3.63, 3.8) is 0 Å². The van der Waals surface area contributed by atoms with E-state index in [1.54, 1.807) is 0 Å². The van der Waals surface area contributed by atoms with Crippen molar-refractivity contribution in [2.45, 2.75) is 32.5 Å². The van der Waals surface area contributed by atoms with E-state index in [1.165, 1.54) is 0 Å². The summed E-state index contributed by atoms with van der Waals surface area (Å²) in [7, 11) is 0. The second-order valence-corrected chi connectivity index (χ2v) is 6.73. The molecule has 0 radical (unpaired) electrons. The fourth-order valence-electron chi connectivity index (χ4n) is 3.40. The van der Waals surface area contributed by atoms with Crippen molar-refractivity contribution < 1.29 is 9.53 Å². The number of ether oxygens (including phenoxy) is 1. The monoisotopic (exact) mass is 338 g/mol. The number of nitrogens with one attached hydrogen (secondary N) is 1. The van der Waals surface area contributed by atoms with E-state index in [0.29, 0.717) is 6.42 Å². The standard InChI is InChI=1S/C21H26N2O2/c1-16-14-23(15-17(2)25-16)13-12-21(24)22-20-11-7-6-10-19(20)18-8-4-3-5-9-18/h3-11,16-17H,12-15H2,1-2H3,(H,22,24)/t16-,17-/m0/s1. The summed E-state index contributed by atoms with van der Waals surface area (Å²) in [6, 6.07) is 18.1. The van der Waals surface area contributed by atoms with E-state index < -0.39 is 0 Å². The van der Waals surface area contributed by atoms with Gasteiger partial charge in [0.15, 0.2) is 0 Å². The first-order valence-corrected chi connectivity index (χ1v) is 8.94. The molecule has 0 spiro atoms. The van der Waals surface area contributed by atoms with E-state index >= 15 is 0 Å². The third kappa shape index (κ3) is 4.91. The lowest BCUT2D eigenvalue weighted by Crippen LogP contribution is -2.46. The predicted molar refractivity (Wildman–Crippen MR) is 102 cm³/mol. The number of carbonyl (C=O) groups excluding carboxylic acids is 1. The van der Waals surface area contributed by atoms with Gasteiger partial charge in [0.25, 0.3) is 0 Å². The van der Waals surface area contributed by atoms with Gasteiger partial charge in [0.2, 0.25) is 5.91 Å². The van der Waals surface area contributed by atoms with E-state index in [2.05, 4.69) is 36.2 Å². The number of amides is 1. The van der Waals surface area contributed by atoms with Crippen LogP contribution in [0.1, 0.15) is 20.3 Å². The average Bonchev–Trinajstić information content (AvgIpc) is 2.60. The van der Waals surface area contributed by atoms with Crippen LogP contribution in [0.5, 0.6) is 0 Å². The van der Waals surface area contributed by atoms with E-state index in [0.717, 1.165) is 36.4 Å². The maximum absolute atomic E-state index is 12.4. The quantitative estimate of drug-likeness (QED) is 0.902. The Kier molecular flexibility index (Phi) is 5.84. The summed E-state index contributed by atoms with van der Waals surface area (Å²) in [5, 5.41) is 3.07. The Morgan fingerprint density at radius 3 is 2.40 bits per heavy atom. The molecular weight excluding hydrogens is 312 g/mol. The van der Waals surface area contributed by atoms with Crippen molar-refractivity contribution in [1.82, 2.24) is 4.90 Å². The molecule has 0 aromatic heterocycles. The molecule has 2 atom stereocenters. The molecule has 0 saturated carbocycles. The molecule has 1 amide bonds. The Labute approximate surface area is 149 Å². The highest BCUT2D eigenvalue weighted by Gasteiger charge is 2.22. The van der Waals surface area contributed by atoms with Crippen molar-refractivity contribution in [2.75, 3.05) is 25.0 Å². The predicted octanol–water partition coefficient (Wildman–Crippen LogP) is 3.79. The average molecular weight is 338 g/mol. The molecule has 1 aliphatic heterocycles. The van der Waals surface area contributed by atoms with Crippen LogP contribution < -0.4 is 5.32 Å². The molecule has 2 aromatic rings. The maximum atomic E-state index is 12.4. The first-order valence-electron chi connectivity index (χ1n) is 8.94. The lowest BCUT2D eigenvalue weighted by atomic mass is 10.0. The number of nitrogens with zero attached hydrogens (tertiary/aromatic N) is 1. The lowest BCUT2D eigenvalue weighted by Gasteiger charge is -2.35. The molecule has 4 heteroatoms. The number of benzene rings is 2. The van der Waals surface area contributed by atoms with Crippen LogP contribution in [0.15, 0.2) is 54.6 Å². The van der Waals surface area contributed by atoms with Gasteiger partial charge in [-0.25, -0.2) is 0 Å². The third-order valence-electron chi connectivity index (χ3n) is 4.44. The van der Waals surface area contributed by atoms with Crippen LogP contribution in [0.2, 0.25) is 0 Å². The highest BCUT2D eigenvalue weighted by molar-refractivity contribution is 5.95. The molecule has 1 heterocycles. The molecule has 1 saturated heterocycles. The van der Waals surface area contributed by atoms with Crippen LogP contribution in [0.3, 0.4) is 0 Å². The summed E-state index contributed by atoms with van der Waals surface area (Å²) in [6.45, 7) is 6.70. The van der Waals surface area contributed by atoms with Crippen LogP contribution in [0.4, 0.5) is 5.69 Å². The normalized spacial score (nSPS) is 21.0. The summed E-state index contributed by atoms with van der Waals surface area (Å²) < 4.78 is 5.74. The largest absolute Gasteiger partial charge is 0.373 e. The molecule has 0 bridgehead atoms. The lowest BCUT2D eigenvalue weighted by molar-refractivity contribution is -0.117. The molecule has 1 aliphatic rings. The fraction of sp³-hybridized carbons (Fsp3) is 0.381. The zero-order valence-electron chi connectivity index (χ0n) is 14.9. The van der Waals surface area contributed by atoms with E-state index in [4.69, 9.17) is 4.74 Å². The van der Waals surface area contributed by atoms with Crippen LogP contribution in [0, 0.1) is 0 Å². The minimum absolute atomic E-state index is 0.0511. The fourth-order valence-corrected chi connectivity index (χ4v) is 3.40. The molecule has 3 rings (SSSR count). The highest BCUT2D eigenvalue weighted by atomic mass is 16.5. The van der Waals surface area contributed by atoms with Crippen molar-refractivity contribution >= 4 is 11.6 Å². The molecule has 2 aromatic carbocycles. The van der Waals surface area contributed by atoms with Gasteiger partial charge >= 0.3 is 0 Å². The number of carbonyl (C=O) groups is 1. The second-order valence-electron chi connectivity index (χ2n) is 6.73.